The second-order valence-electron chi connectivity index (χ2n) is 6.25. The maximum atomic E-state index is 11.7. The SMILES string of the molecule is CCOc1ccc(CNC(Cc2c[nH]c3ccccc23)C(=O)O)cc1OC. The number of ether oxygens (including phenoxy) is 2. The molecule has 0 fully saturated rings. The molecular formula is C21H24N2O4. The molecule has 1 heterocycles. The van der Waals surface area contributed by atoms with Gasteiger partial charge in [-0.15, -0.1) is 0 Å². The first kappa shape index (κ1) is 18.8. The average Bonchev–Trinajstić information content (AvgIpc) is 3.09. The Morgan fingerprint density at radius 2 is 2.04 bits per heavy atom. The molecule has 0 aliphatic rings. The lowest BCUT2D eigenvalue weighted by Crippen LogP contribution is -2.38. The Morgan fingerprint density at radius 1 is 1.22 bits per heavy atom. The Bertz CT molecular complexity index is 919. The summed E-state index contributed by atoms with van der Waals surface area (Å²) in [6, 6.07) is 12.8. The number of hydrogen-bond acceptors (Lipinski definition) is 4. The lowest BCUT2D eigenvalue weighted by molar-refractivity contribution is -0.139. The summed E-state index contributed by atoms with van der Waals surface area (Å²) in [6.07, 6.45) is 2.27. The zero-order valence-electron chi connectivity index (χ0n) is 15.5. The van der Waals surface area contributed by atoms with Crippen molar-refractivity contribution in [3.8, 4) is 11.5 Å². The number of rotatable bonds is 9. The van der Waals surface area contributed by atoms with Gasteiger partial charge in [-0.25, -0.2) is 0 Å². The maximum absolute atomic E-state index is 11.7. The largest absolute Gasteiger partial charge is 0.493 e. The van der Waals surface area contributed by atoms with Crippen molar-refractivity contribution in [2.24, 2.45) is 0 Å². The Morgan fingerprint density at radius 3 is 2.78 bits per heavy atom. The molecule has 27 heavy (non-hydrogen) atoms. The number of nitrogens with one attached hydrogen (secondary N) is 2. The van der Waals surface area contributed by atoms with E-state index < -0.39 is 12.0 Å². The van der Waals surface area contributed by atoms with Crippen molar-refractivity contribution in [3.63, 3.8) is 0 Å². The van der Waals surface area contributed by atoms with Crippen LogP contribution < -0.4 is 14.8 Å². The number of benzene rings is 2. The molecule has 1 aromatic heterocycles. The van der Waals surface area contributed by atoms with E-state index in [1.165, 1.54) is 0 Å². The Balaban J connectivity index is 1.71. The fraction of sp³-hybridized carbons (Fsp3) is 0.286. The van der Waals surface area contributed by atoms with E-state index in [2.05, 4.69) is 10.3 Å². The third kappa shape index (κ3) is 4.41. The van der Waals surface area contributed by atoms with Gasteiger partial charge in [0.05, 0.1) is 13.7 Å². The summed E-state index contributed by atoms with van der Waals surface area (Å²) in [7, 11) is 1.59. The predicted molar refractivity (Wildman–Crippen MR) is 104 cm³/mol. The highest BCUT2D eigenvalue weighted by atomic mass is 16.5. The summed E-state index contributed by atoms with van der Waals surface area (Å²) >= 11 is 0. The van der Waals surface area contributed by atoms with Gasteiger partial charge in [0.2, 0.25) is 0 Å². The van der Waals surface area contributed by atoms with E-state index in [1.807, 2.05) is 55.6 Å². The molecule has 142 valence electrons. The van der Waals surface area contributed by atoms with Gasteiger partial charge in [-0.1, -0.05) is 24.3 Å². The third-order valence-corrected chi connectivity index (χ3v) is 4.48. The van der Waals surface area contributed by atoms with Crippen molar-refractivity contribution >= 4 is 16.9 Å². The van der Waals surface area contributed by atoms with Crippen LogP contribution in [0.5, 0.6) is 11.5 Å². The molecular weight excluding hydrogens is 344 g/mol. The van der Waals surface area contributed by atoms with E-state index in [1.54, 1.807) is 7.11 Å². The normalized spacial score (nSPS) is 12.1. The fourth-order valence-corrected chi connectivity index (χ4v) is 3.10. The number of para-hydroxylation sites is 1. The molecule has 0 spiro atoms. The zero-order chi connectivity index (χ0) is 19.2. The zero-order valence-corrected chi connectivity index (χ0v) is 15.5. The van der Waals surface area contributed by atoms with E-state index >= 15 is 0 Å². The van der Waals surface area contributed by atoms with Gasteiger partial charge in [-0.3, -0.25) is 4.79 Å². The quantitative estimate of drug-likeness (QED) is 0.539. The second-order valence-corrected chi connectivity index (χ2v) is 6.25. The molecule has 6 nitrogen and oxygen atoms in total. The smallest absolute Gasteiger partial charge is 0.321 e. The Kier molecular flexibility index (Phi) is 5.98. The van der Waals surface area contributed by atoms with Crippen molar-refractivity contribution in [2.45, 2.75) is 25.9 Å². The molecule has 0 saturated carbocycles. The molecule has 6 heteroatoms. The summed E-state index contributed by atoms with van der Waals surface area (Å²) in [4.78, 5) is 14.9. The summed E-state index contributed by atoms with van der Waals surface area (Å²) in [5.74, 6) is 0.440. The molecule has 2 aromatic carbocycles. The number of aromatic nitrogens is 1. The second kappa shape index (κ2) is 8.60. The number of aliphatic carboxylic acids is 1. The highest BCUT2D eigenvalue weighted by Crippen LogP contribution is 2.28. The van der Waals surface area contributed by atoms with Crippen molar-refractivity contribution in [3.05, 3.63) is 59.8 Å². The van der Waals surface area contributed by atoms with E-state index in [4.69, 9.17) is 9.47 Å². The lowest BCUT2D eigenvalue weighted by atomic mass is 10.0. The molecule has 1 atom stereocenters. The molecule has 1 unspecified atom stereocenters. The predicted octanol–water partition coefficient (Wildman–Crippen LogP) is 3.36. The van der Waals surface area contributed by atoms with Gasteiger partial charge >= 0.3 is 5.97 Å². The van der Waals surface area contributed by atoms with Crippen LogP contribution in [0.25, 0.3) is 10.9 Å². The van der Waals surface area contributed by atoms with Crippen LogP contribution in [0, 0.1) is 0 Å². The average molecular weight is 368 g/mol. The minimum Gasteiger partial charge on any atom is -0.493 e. The van der Waals surface area contributed by atoms with Crippen molar-refractivity contribution in [1.29, 1.82) is 0 Å². The number of carboxylic acid groups (broad SMARTS) is 1. The number of methoxy groups -OCH3 is 1. The van der Waals surface area contributed by atoms with Crippen molar-refractivity contribution in [2.75, 3.05) is 13.7 Å². The minimum absolute atomic E-state index is 0.396. The van der Waals surface area contributed by atoms with Gasteiger partial charge in [-0.2, -0.15) is 0 Å². The molecule has 0 radical (unpaired) electrons. The van der Waals surface area contributed by atoms with Crippen LogP contribution in [0.1, 0.15) is 18.1 Å². The summed E-state index contributed by atoms with van der Waals surface area (Å²) < 4.78 is 10.9. The Hall–Kier alpha value is -2.99. The van der Waals surface area contributed by atoms with Crippen LogP contribution in [0.4, 0.5) is 0 Å². The molecule has 3 N–H and O–H groups in total. The first-order valence-corrected chi connectivity index (χ1v) is 8.93. The van der Waals surface area contributed by atoms with Gasteiger partial charge < -0.3 is 24.9 Å². The number of carboxylic acids is 1. The topological polar surface area (TPSA) is 83.6 Å². The number of aromatic amines is 1. The van der Waals surface area contributed by atoms with E-state index in [9.17, 15) is 9.90 Å². The minimum atomic E-state index is -0.877. The van der Waals surface area contributed by atoms with Crippen LogP contribution in [-0.2, 0) is 17.8 Å². The van der Waals surface area contributed by atoms with E-state index in [0.717, 1.165) is 22.0 Å². The molecule has 0 bridgehead atoms. The molecule has 0 saturated heterocycles. The molecule has 3 aromatic rings. The number of hydrogen-bond donors (Lipinski definition) is 3. The van der Waals surface area contributed by atoms with Gasteiger partial charge in [0.1, 0.15) is 6.04 Å². The highest BCUT2D eigenvalue weighted by molar-refractivity contribution is 5.84. The maximum Gasteiger partial charge on any atom is 0.321 e. The monoisotopic (exact) mass is 368 g/mol. The number of fused-ring (bicyclic) bond motifs is 1. The fourth-order valence-electron chi connectivity index (χ4n) is 3.10. The van der Waals surface area contributed by atoms with Crippen LogP contribution in [0.2, 0.25) is 0 Å². The van der Waals surface area contributed by atoms with E-state index in [0.29, 0.717) is 31.1 Å². The molecule has 0 amide bonds. The lowest BCUT2D eigenvalue weighted by Gasteiger charge is -2.15. The van der Waals surface area contributed by atoms with Crippen LogP contribution in [0.15, 0.2) is 48.7 Å². The van der Waals surface area contributed by atoms with Crippen molar-refractivity contribution < 1.29 is 19.4 Å². The van der Waals surface area contributed by atoms with Crippen LogP contribution in [-0.4, -0.2) is 35.8 Å². The number of carbonyl (C=O) groups is 1. The van der Waals surface area contributed by atoms with Crippen LogP contribution >= 0.6 is 0 Å². The van der Waals surface area contributed by atoms with E-state index in [-0.39, 0.29) is 0 Å². The summed E-state index contributed by atoms with van der Waals surface area (Å²) in [5.41, 5.74) is 2.92. The van der Waals surface area contributed by atoms with Gasteiger partial charge in [-0.05, 0) is 36.2 Å². The molecule has 0 aliphatic heterocycles. The standard InChI is InChI=1S/C21H24N2O4/c1-3-27-19-9-8-14(10-20(19)26-2)12-22-18(21(24)25)11-15-13-23-17-7-5-4-6-16(15)17/h4-10,13,18,22-23H,3,11-12H2,1-2H3,(H,24,25). The molecule has 3 rings (SSSR count). The molecule has 0 aliphatic carbocycles. The van der Waals surface area contributed by atoms with Gasteiger partial charge in [0, 0.05) is 30.1 Å². The van der Waals surface area contributed by atoms with Crippen molar-refractivity contribution in [1.82, 2.24) is 10.3 Å². The first-order chi connectivity index (χ1) is 13.1. The van der Waals surface area contributed by atoms with Crippen LogP contribution in [0.3, 0.4) is 0 Å². The van der Waals surface area contributed by atoms with Gasteiger partial charge in [0.25, 0.3) is 0 Å². The third-order valence-electron chi connectivity index (χ3n) is 4.48. The summed E-state index contributed by atoms with van der Waals surface area (Å²) in [5, 5.41) is 13.8. The number of H-pyrrole nitrogens is 1. The summed E-state index contributed by atoms with van der Waals surface area (Å²) in [6.45, 7) is 2.89. The highest BCUT2D eigenvalue weighted by Gasteiger charge is 2.19. The van der Waals surface area contributed by atoms with Gasteiger partial charge in [0.15, 0.2) is 11.5 Å². The first-order valence-electron chi connectivity index (χ1n) is 8.93. The Labute approximate surface area is 158 Å².